The first-order valence-corrected chi connectivity index (χ1v) is 13.7. The summed E-state index contributed by atoms with van der Waals surface area (Å²) in [6.07, 6.45) is -0.704. The van der Waals surface area contributed by atoms with Crippen LogP contribution >= 0.6 is 24.8 Å². The van der Waals surface area contributed by atoms with Gasteiger partial charge in [-0.25, -0.2) is 9.37 Å². The lowest BCUT2D eigenvalue weighted by Gasteiger charge is -2.37. The summed E-state index contributed by atoms with van der Waals surface area (Å²) in [6, 6.07) is 22.1. The molecule has 0 saturated carbocycles. The Morgan fingerprint density at radius 3 is 2.26 bits per heavy atom. The topological polar surface area (TPSA) is 73.6 Å². The average molecular weight is 615 g/mol. The van der Waals surface area contributed by atoms with E-state index in [0.29, 0.717) is 23.8 Å². The highest BCUT2D eigenvalue weighted by Crippen LogP contribution is 2.27. The van der Waals surface area contributed by atoms with E-state index >= 15 is 0 Å². The monoisotopic (exact) mass is 613 g/mol. The number of hydrogen-bond acceptors (Lipinski definition) is 5. The van der Waals surface area contributed by atoms with Crippen molar-refractivity contribution >= 4 is 36.4 Å². The Balaban J connectivity index is 0.00000242. The van der Waals surface area contributed by atoms with Crippen molar-refractivity contribution in [3.05, 3.63) is 101 Å². The zero-order valence-corrected chi connectivity index (χ0v) is 25.7. The van der Waals surface area contributed by atoms with Gasteiger partial charge >= 0.3 is 0 Å². The Bertz CT molecular complexity index is 1470. The zero-order chi connectivity index (χ0) is 28.2. The third kappa shape index (κ3) is 7.31. The van der Waals surface area contributed by atoms with E-state index in [1.807, 2.05) is 41.8 Å². The summed E-state index contributed by atoms with van der Waals surface area (Å²) in [5.41, 5.74) is 6.35. The highest BCUT2D eigenvalue weighted by Gasteiger charge is 2.24. The van der Waals surface area contributed by atoms with Crippen LogP contribution in [-0.2, 0) is 0 Å². The highest BCUT2D eigenvalue weighted by atomic mass is 35.5. The maximum absolute atomic E-state index is 13.6. The SMILES string of the molecule is Cc1cccc(N2CCN(CC(O)CNC(=O)c3nc(-c4ccccc4)n(-c4ccc(F)cc4)c3C)CC2)c1C.Cl.Cl. The molecule has 3 aromatic carbocycles. The zero-order valence-electron chi connectivity index (χ0n) is 24.1. The predicted molar refractivity (Wildman–Crippen MR) is 171 cm³/mol. The van der Waals surface area contributed by atoms with Gasteiger partial charge in [0.1, 0.15) is 17.3 Å². The first kappa shape index (κ1) is 33.1. The summed E-state index contributed by atoms with van der Waals surface area (Å²) in [5, 5.41) is 13.6. The Morgan fingerprint density at radius 1 is 0.929 bits per heavy atom. The minimum Gasteiger partial charge on any atom is -0.390 e. The van der Waals surface area contributed by atoms with Crippen molar-refractivity contribution in [1.82, 2.24) is 19.8 Å². The fourth-order valence-corrected chi connectivity index (χ4v) is 5.31. The summed E-state index contributed by atoms with van der Waals surface area (Å²) >= 11 is 0. The van der Waals surface area contributed by atoms with E-state index in [2.05, 4.69) is 52.1 Å². The number of nitrogens with one attached hydrogen (secondary N) is 1. The van der Waals surface area contributed by atoms with Crippen LogP contribution in [0.4, 0.5) is 10.1 Å². The quantitative estimate of drug-likeness (QED) is 0.280. The number of amides is 1. The molecule has 2 heterocycles. The molecule has 0 aliphatic carbocycles. The third-order valence-corrected chi connectivity index (χ3v) is 7.70. The summed E-state index contributed by atoms with van der Waals surface area (Å²) in [5.74, 6) is -0.0899. The van der Waals surface area contributed by atoms with E-state index in [0.717, 1.165) is 31.7 Å². The second-order valence-corrected chi connectivity index (χ2v) is 10.4. The van der Waals surface area contributed by atoms with E-state index in [1.165, 1.54) is 28.9 Å². The lowest BCUT2D eigenvalue weighted by atomic mass is 10.1. The predicted octanol–water partition coefficient (Wildman–Crippen LogP) is 5.36. The van der Waals surface area contributed by atoms with Crippen LogP contribution < -0.4 is 10.2 Å². The molecule has 1 aliphatic heterocycles. The summed E-state index contributed by atoms with van der Waals surface area (Å²) in [7, 11) is 0. The normalized spacial score (nSPS) is 14.1. The van der Waals surface area contributed by atoms with Crippen LogP contribution in [-0.4, -0.2) is 70.8 Å². The standard InChI is InChI=1S/C32H36FN5O2.2ClH/c1-22-8-7-11-29(23(22)2)37-18-16-36(17-19-37)21-28(39)20-34-32(40)30-24(3)38(27-14-12-26(33)13-15-27)31(35-30)25-9-5-4-6-10-25;;/h4-15,28,39H,16-21H2,1-3H3,(H,34,40);2*1H. The van der Waals surface area contributed by atoms with E-state index in [4.69, 9.17) is 0 Å². The van der Waals surface area contributed by atoms with Crippen LogP contribution in [0.5, 0.6) is 0 Å². The number of β-amino-alcohol motifs (C(OH)–C–C–N with tert-alkyl or cyclic N) is 1. The highest BCUT2D eigenvalue weighted by molar-refractivity contribution is 5.94. The number of piperazine rings is 1. The van der Waals surface area contributed by atoms with Crippen molar-refractivity contribution in [3.8, 4) is 17.1 Å². The van der Waals surface area contributed by atoms with E-state index < -0.39 is 6.10 Å². The number of carbonyl (C=O) groups is 1. The van der Waals surface area contributed by atoms with Gasteiger partial charge in [-0.15, -0.1) is 24.8 Å². The number of hydrogen-bond donors (Lipinski definition) is 2. The molecule has 7 nitrogen and oxygen atoms in total. The number of rotatable bonds is 8. The minimum atomic E-state index is -0.704. The molecule has 1 fully saturated rings. The smallest absolute Gasteiger partial charge is 0.271 e. The molecule has 5 rings (SSSR count). The van der Waals surface area contributed by atoms with Crippen molar-refractivity contribution in [2.75, 3.05) is 44.2 Å². The number of aromatic nitrogens is 2. The fourth-order valence-electron chi connectivity index (χ4n) is 5.31. The van der Waals surface area contributed by atoms with Gasteiger partial charge < -0.3 is 15.3 Å². The molecule has 0 bridgehead atoms. The summed E-state index contributed by atoms with van der Waals surface area (Å²) in [6.45, 7) is 10.2. The first-order valence-electron chi connectivity index (χ1n) is 13.7. The van der Waals surface area contributed by atoms with Gasteiger partial charge in [-0.1, -0.05) is 42.5 Å². The van der Waals surface area contributed by atoms with Crippen molar-refractivity contribution in [3.63, 3.8) is 0 Å². The molecule has 4 aromatic rings. The lowest BCUT2D eigenvalue weighted by molar-refractivity contribution is 0.0847. The average Bonchev–Trinajstić information content (AvgIpc) is 3.31. The number of nitrogens with zero attached hydrogens (tertiary/aromatic N) is 4. The van der Waals surface area contributed by atoms with Gasteiger partial charge in [0.05, 0.1) is 11.8 Å². The molecule has 1 atom stereocenters. The van der Waals surface area contributed by atoms with Crippen LogP contribution in [0.1, 0.15) is 27.3 Å². The van der Waals surface area contributed by atoms with Crippen LogP contribution in [0.2, 0.25) is 0 Å². The van der Waals surface area contributed by atoms with Crippen molar-refractivity contribution in [1.29, 1.82) is 0 Å². The van der Waals surface area contributed by atoms with Crippen molar-refractivity contribution in [2.24, 2.45) is 0 Å². The van der Waals surface area contributed by atoms with Gasteiger partial charge in [0.25, 0.3) is 5.91 Å². The molecule has 1 unspecified atom stereocenters. The summed E-state index contributed by atoms with van der Waals surface area (Å²) in [4.78, 5) is 22.5. The Labute approximate surface area is 259 Å². The number of aliphatic hydroxyl groups is 1. The molecule has 1 aromatic heterocycles. The number of anilines is 1. The Kier molecular flexibility index (Phi) is 11.5. The molecule has 0 spiro atoms. The number of imidazole rings is 1. The second-order valence-electron chi connectivity index (χ2n) is 10.4. The molecule has 224 valence electrons. The Hall–Kier alpha value is -3.43. The third-order valence-electron chi connectivity index (χ3n) is 7.70. The molecule has 2 N–H and O–H groups in total. The molecule has 1 amide bonds. The Morgan fingerprint density at radius 2 is 1.60 bits per heavy atom. The molecular formula is C32H38Cl2FN5O2. The van der Waals surface area contributed by atoms with E-state index in [9.17, 15) is 14.3 Å². The van der Waals surface area contributed by atoms with Gasteiger partial charge in [0.2, 0.25) is 0 Å². The minimum absolute atomic E-state index is 0. The molecule has 1 saturated heterocycles. The van der Waals surface area contributed by atoms with Crippen LogP contribution in [0, 0.1) is 26.6 Å². The van der Waals surface area contributed by atoms with Gasteiger partial charge in [-0.3, -0.25) is 14.3 Å². The van der Waals surface area contributed by atoms with Crippen LogP contribution in [0.25, 0.3) is 17.1 Å². The van der Waals surface area contributed by atoms with E-state index in [1.54, 1.807) is 12.1 Å². The summed E-state index contributed by atoms with van der Waals surface area (Å²) < 4.78 is 15.5. The number of halogens is 3. The van der Waals surface area contributed by atoms with Gasteiger partial charge in [0, 0.05) is 56.2 Å². The maximum Gasteiger partial charge on any atom is 0.271 e. The second kappa shape index (κ2) is 14.6. The largest absolute Gasteiger partial charge is 0.390 e. The number of benzene rings is 3. The van der Waals surface area contributed by atoms with Crippen LogP contribution in [0.15, 0.2) is 72.8 Å². The fraction of sp³-hybridized carbons (Fsp3) is 0.312. The van der Waals surface area contributed by atoms with Gasteiger partial charge in [0.15, 0.2) is 0 Å². The van der Waals surface area contributed by atoms with Crippen LogP contribution in [0.3, 0.4) is 0 Å². The molecular weight excluding hydrogens is 576 g/mol. The molecule has 10 heteroatoms. The molecule has 1 aliphatic rings. The van der Waals surface area contributed by atoms with Crippen molar-refractivity contribution < 1.29 is 14.3 Å². The maximum atomic E-state index is 13.6. The van der Waals surface area contributed by atoms with Gasteiger partial charge in [-0.05, 0) is 62.2 Å². The number of carbonyl (C=O) groups excluding carboxylic acids is 1. The van der Waals surface area contributed by atoms with E-state index in [-0.39, 0.29) is 48.8 Å². The number of aliphatic hydroxyl groups excluding tert-OH is 1. The number of aryl methyl sites for hydroxylation is 1. The van der Waals surface area contributed by atoms with Gasteiger partial charge in [-0.2, -0.15) is 0 Å². The first-order chi connectivity index (χ1) is 19.3. The molecule has 42 heavy (non-hydrogen) atoms. The van der Waals surface area contributed by atoms with Crippen molar-refractivity contribution in [2.45, 2.75) is 26.9 Å². The molecule has 0 radical (unpaired) electrons. The lowest BCUT2D eigenvalue weighted by Crippen LogP contribution is -2.50.